The van der Waals surface area contributed by atoms with Crippen molar-refractivity contribution in [3.63, 3.8) is 0 Å². The fraction of sp³-hybridized carbons (Fsp3) is 0.600. The van der Waals surface area contributed by atoms with Crippen molar-refractivity contribution < 1.29 is 9.53 Å². The van der Waals surface area contributed by atoms with Crippen LogP contribution < -0.4 is 10.2 Å². The summed E-state index contributed by atoms with van der Waals surface area (Å²) < 4.78 is 5.36. The van der Waals surface area contributed by atoms with E-state index in [4.69, 9.17) is 4.74 Å². The number of thioether (sulfide) groups is 1. The Labute approximate surface area is 135 Å². The zero-order chi connectivity index (χ0) is 15.2. The van der Waals surface area contributed by atoms with Gasteiger partial charge in [0.1, 0.15) is 5.82 Å². The normalized spacial score (nSPS) is 19.1. The highest BCUT2D eigenvalue weighted by Gasteiger charge is 2.16. The van der Waals surface area contributed by atoms with E-state index >= 15 is 0 Å². The van der Waals surface area contributed by atoms with Crippen molar-refractivity contribution in [3.8, 4) is 0 Å². The lowest BCUT2D eigenvalue weighted by molar-refractivity contribution is 0.122. The second-order valence-corrected chi connectivity index (χ2v) is 6.60. The Morgan fingerprint density at radius 1 is 1.27 bits per heavy atom. The Hall–Kier alpha value is -1.47. The number of rotatable bonds is 3. The van der Waals surface area contributed by atoms with Gasteiger partial charge in [0.2, 0.25) is 0 Å². The number of hydrogen-bond acceptors (Lipinski definition) is 5. The Morgan fingerprint density at radius 3 is 2.82 bits per heavy atom. The van der Waals surface area contributed by atoms with Gasteiger partial charge in [0, 0.05) is 50.4 Å². The van der Waals surface area contributed by atoms with Gasteiger partial charge in [-0.25, -0.2) is 9.78 Å². The van der Waals surface area contributed by atoms with E-state index in [9.17, 15) is 4.79 Å². The summed E-state index contributed by atoms with van der Waals surface area (Å²) in [6.45, 7) is 5.45. The minimum atomic E-state index is 0.0324. The first-order valence-electron chi connectivity index (χ1n) is 7.71. The monoisotopic (exact) mass is 322 g/mol. The number of nitrogens with one attached hydrogen (secondary N) is 1. The molecular formula is C15H22N4O2S. The molecule has 22 heavy (non-hydrogen) atoms. The first kappa shape index (κ1) is 15.4. The number of morpholine rings is 1. The Balaban J connectivity index is 1.54. The van der Waals surface area contributed by atoms with E-state index < -0.39 is 0 Å². The average molecular weight is 322 g/mol. The topological polar surface area (TPSA) is 57.7 Å². The number of pyridine rings is 1. The predicted octanol–water partition coefficient (Wildman–Crippen LogP) is 1.18. The molecule has 0 unspecified atom stereocenters. The number of carbonyl (C=O) groups is 1. The molecule has 2 saturated heterocycles. The van der Waals surface area contributed by atoms with Crippen LogP contribution in [-0.2, 0) is 11.3 Å². The van der Waals surface area contributed by atoms with Crippen LogP contribution in [0.15, 0.2) is 18.3 Å². The molecule has 0 bridgehead atoms. The molecule has 0 atom stereocenters. The van der Waals surface area contributed by atoms with Crippen LogP contribution in [0.5, 0.6) is 0 Å². The third-order valence-corrected chi connectivity index (χ3v) is 4.83. The minimum absolute atomic E-state index is 0.0324. The molecule has 1 aromatic rings. The van der Waals surface area contributed by atoms with Crippen LogP contribution in [0.2, 0.25) is 0 Å². The van der Waals surface area contributed by atoms with Crippen LogP contribution in [0, 0.1) is 0 Å². The summed E-state index contributed by atoms with van der Waals surface area (Å²) in [7, 11) is 0. The standard InChI is InChI=1S/C15H22N4O2S/c20-15(19-5-9-22-10-6-19)17-12-13-1-2-16-14(11-13)18-3-7-21-8-4-18/h1-2,11H,3-10,12H2,(H,17,20). The second kappa shape index (κ2) is 7.69. The highest BCUT2D eigenvalue weighted by atomic mass is 32.2. The number of urea groups is 1. The largest absolute Gasteiger partial charge is 0.378 e. The molecule has 2 aliphatic rings. The van der Waals surface area contributed by atoms with Crippen molar-refractivity contribution in [3.05, 3.63) is 23.9 Å². The molecule has 0 saturated carbocycles. The molecule has 1 N–H and O–H groups in total. The summed E-state index contributed by atoms with van der Waals surface area (Å²) in [5, 5.41) is 3.01. The van der Waals surface area contributed by atoms with Gasteiger partial charge in [0.25, 0.3) is 0 Å². The molecule has 2 amide bonds. The van der Waals surface area contributed by atoms with Crippen molar-refractivity contribution in [2.75, 3.05) is 55.8 Å². The first-order valence-corrected chi connectivity index (χ1v) is 8.86. The highest BCUT2D eigenvalue weighted by Crippen LogP contribution is 2.14. The molecular weight excluding hydrogens is 300 g/mol. The van der Waals surface area contributed by atoms with Gasteiger partial charge in [-0.2, -0.15) is 11.8 Å². The van der Waals surface area contributed by atoms with Gasteiger partial charge in [0.15, 0.2) is 0 Å². The molecule has 7 heteroatoms. The van der Waals surface area contributed by atoms with Gasteiger partial charge in [-0.15, -0.1) is 0 Å². The molecule has 3 rings (SSSR count). The lowest BCUT2D eigenvalue weighted by atomic mass is 10.2. The van der Waals surface area contributed by atoms with Gasteiger partial charge < -0.3 is 19.9 Å². The minimum Gasteiger partial charge on any atom is -0.378 e. The van der Waals surface area contributed by atoms with E-state index in [1.165, 1.54) is 0 Å². The third kappa shape index (κ3) is 4.04. The van der Waals surface area contributed by atoms with Crippen LogP contribution in [0.25, 0.3) is 0 Å². The van der Waals surface area contributed by atoms with Gasteiger partial charge in [-0.05, 0) is 17.7 Å². The fourth-order valence-corrected chi connectivity index (χ4v) is 3.49. The number of hydrogen-bond donors (Lipinski definition) is 1. The number of ether oxygens (including phenoxy) is 1. The number of nitrogens with zero attached hydrogens (tertiary/aromatic N) is 3. The van der Waals surface area contributed by atoms with Gasteiger partial charge in [0.05, 0.1) is 13.2 Å². The van der Waals surface area contributed by atoms with E-state index in [0.717, 1.165) is 62.3 Å². The van der Waals surface area contributed by atoms with Crippen molar-refractivity contribution in [2.24, 2.45) is 0 Å². The lowest BCUT2D eigenvalue weighted by Gasteiger charge is -2.28. The third-order valence-electron chi connectivity index (χ3n) is 3.89. The molecule has 6 nitrogen and oxygen atoms in total. The van der Waals surface area contributed by atoms with E-state index in [-0.39, 0.29) is 6.03 Å². The van der Waals surface area contributed by atoms with Crippen LogP contribution in [0.3, 0.4) is 0 Å². The number of aromatic nitrogens is 1. The highest BCUT2D eigenvalue weighted by molar-refractivity contribution is 7.99. The van der Waals surface area contributed by atoms with Crippen LogP contribution >= 0.6 is 11.8 Å². The molecule has 0 radical (unpaired) electrons. The zero-order valence-electron chi connectivity index (χ0n) is 12.7. The fourth-order valence-electron chi connectivity index (χ4n) is 2.59. The molecule has 3 heterocycles. The Kier molecular flexibility index (Phi) is 5.39. The van der Waals surface area contributed by atoms with E-state index in [2.05, 4.69) is 21.3 Å². The first-order chi connectivity index (χ1) is 10.8. The van der Waals surface area contributed by atoms with Crippen LogP contribution in [0.4, 0.5) is 10.6 Å². The summed E-state index contributed by atoms with van der Waals surface area (Å²) in [5.74, 6) is 3.03. The van der Waals surface area contributed by atoms with Gasteiger partial charge in [-0.3, -0.25) is 0 Å². The molecule has 0 aromatic carbocycles. The van der Waals surface area contributed by atoms with Gasteiger partial charge >= 0.3 is 6.03 Å². The van der Waals surface area contributed by atoms with Crippen molar-refractivity contribution in [1.29, 1.82) is 0 Å². The van der Waals surface area contributed by atoms with Crippen molar-refractivity contribution in [1.82, 2.24) is 15.2 Å². The Morgan fingerprint density at radius 2 is 2.05 bits per heavy atom. The zero-order valence-corrected chi connectivity index (χ0v) is 13.5. The molecule has 2 fully saturated rings. The van der Waals surface area contributed by atoms with Crippen molar-refractivity contribution >= 4 is 23.6 Å². The van der Waals surface area contributed by atoms with E-state index in [1.54, 1.807) is 0 Å². The SMILES string of the molecule is O=C(NCc1ccnc(N2CCOCC2)c1)N1CCSCC1. The smallest absolute Gasteiger partial charge is 0.317 e. The maximum Gasteiger partial charge on any atom is 0.317 e. The van der Waals surface area contributed by atoms with E-state index in [0.29, 0.717) is 6.54 Å². The molecule has 1 aromatic heterocycles. The summed E-state index contributed by atoms with van der Waals surface area (Å²) >= 11 is 1.90. The lowest BCUT2D eigenvalue weighted by Crippen LogP contribution is -2.44. The van der Waals surface area contributed by atoms with Crippen LogP contribution in [-0.4, -0.2) is 66.8 Å². The number of anilines is 1. The predicted molar refractivity (Wildman–Crippen MR) is 88.4 cm³/mol. The van der Waals surface area contributed by atoms with E-state index in [1.807, 2.05) is 28.9 Å². The number of carbonyl (C=O) groups excluding carboxylic acids is 1. The molecule has 120 valence electrons. The Bertz CT molecular complexity index is 502. The summed E-state index contributed by atoms with van der Waals surface area (Å²) in [4.78, 5) is 20.7. The second-order valence-electron chi connectivity index (χ2n) is 5.38. The maximum atomic E-state index is 12.1. The quantitative estimate of drug-likeness (QED) is 0.905. The summed E-state index contributed by atoms with van der Waals surface area (Å²) in [5.41, 5.74) is 1.08. The summed E-state index contributed by atoms with van der Waals surface area (Å²) in [6.07, 6.45) is 1.81. The van der Waals surface area contributed by atoms with Crippen LogP contribution in [0.1, 0.15) is 5.56 Å². The molecule has 0 aliphatic carbocycles. The maximum absolute atomic E-state index is 12.1. The number of amides is 2. The molecule has 2 aliphatic heterocycles. The average Bonchev–Trinajstić information content (AvgIpc) is 2.61. The van der Waals surface area contributed by atoms with Crippen molar-refractivity contribution in [2.45, 2.75) is 6.54 Å². The molecule has 0 spiro atoms. The summed E-state index contributed by atoms with van der Waals surface area (Å²) in [6, 6.07) is 4.04. The van der Waals surface area contributed by atoms with Gasteiger partial charge in [-0.1, -0.05) is 0 Å².